The predicted octanol–water partition coefficient (Wildman–Crippen LogP) is 1.74. The van der Waals surface area contributed by atoms with Crippen LogP contribution in [0.5, 0.6) is 23.0 Å². The zero-order valence-corrected chi connectivity index (χ0v) is 40.7. The third-order valence-electron chi connectivity index (χ3n) is 10.4. The van der Waals surface area contributed by atoms with Gasteiger partial charge in [0, 0.05) is 79.4 Å². The van der Waals surface area contributed by atoms with Crippen molar-refractivity contribution in [3.8, 4) is 23.0 Å². The molecule has 7 rings (SSSR count). The Labute approximate surface area is 396 Å². The third-order valence-corrected chi connectivity index (χ3v) is 14.5. The molecule has 2 aliphatic rings. The Hall–Kier alpha value is -2.42. The van der Waals surface area contributed by atoms with Crippen LogP contribution in [0.15, 0.2) is 121 Å². The minimum absolute atomic E-state index is 0. The number of rotatable bonds is 4. The van der Waals surface area contributed by atoms with Gasteiger partial charge in [0.1, 0.15) is 62.5 Å². The van der Waals surface area contributed by atoms with Crippen LogP contribution >= 0.6 is 47.0 Å². The fourth-order valence-corrected chi connectivity index (χ4v) is 11.4. The fourth-order valence-electron chi connectivity index (χ4n) is 7.21. The predicted molar refractivity (Wildman–Crippen MR) is 248 cm³/mol. The summed E-state index contributed by atoms with van der Waals surface area (Å²) in [6, 6.07) is 43.4. The van der Waals surface area contributed by atoms with Gasteiger partial charge in [-0.2, -0.15) is 47.0 Å². The zero-order chi connectivity index (χ0) is 39.5. The largest absolute Gasteiger partial charge is 1.00 e. The average Bonchev–Trinajstić information content (AvgIpc) is 3.26. The van der Waals surface area contributed by atoms with Gasteiger partial charge in [-0.1, -0.05) is 97.1 Å². The molecule has 0 aromatic heterocycles. The highest BCUT2D eigenvalue weighted by Gasteiger charge is 2.16. The molecule has 0 unspecified atom stereocenters. The number of fused-ring (bicyclic) bond motifs is 4. The molecular weight excluding hydrogens is 957 g/mol. The van der Waals surface area contributed by atoms with Crippen LogP contribution in [0.3, 0.4) is 0 Å². The Morgan fingerprint density at radius 2 is 0.600 bits per heavy atom. The van der Waals surface area contributed by atoms with E-state index in [1.807, 2.05) is 47.0 Å². The van der Waals surface area contributed by atoms with E-state index in [-0.39, 0.29) is 34.0 Å². The Balaban J connectivity index is 0.00000341. The lowest BCUT2D eigenvalue weighted by molar-refractivity contribution is -0.909. The molecule has 0 fully saturated rings. The van der Waals surface area contributed by atoms with Gasteiger partial charge in [0.05, 0.1) is 26.2 Å². The average molecular weight is 1020 g/mol. The van der Waals surface area contributed by atoms with Crippen LogP contribution in [-0.2, 0) is 36.1 Å². The lowest BCUT2D eigenvalue weighted by Gasteiger charge is -2.21. The molecule has 5 aromatic carbocycles. The van der Waals surface area contributed by atoms with Gasteiger partial charge in [0.25, 0.3) is 0 Å². The molecule has 0 radical (unpaired) electrons. The summed E-state index contributed by atoms with van der Waals surface area (Å²) < 4.78 is 24.8. The number of nitrogens with one attached hydrogen (secondary N) is 2. The first-order valence-electron chi connectivity index (χ1n) is 20.7. The minimum atomic E-state index is 0. The van der Waals surface area contributed by atoms with Crippen LogP contribution < -0.4 is 62.7 Å². The quantitative estimate of drug-likeness (QED) is 0.283. The van der Waals surface area contributed by atoms with Crippen LogP contribution in [0, 0.1) is 0 Å². The molecule has 2 N–H and O–H groups in total. The number of thioether (sulfide) groups is 4. The van der Waals surface area contributed by atoms with E-state index in [1.54, 1.807) is 9.80 Å². The molecule has 322 valence electrons. The van der Waals surface area contributed by atoms with E-state index in [9.17, 15) is 0 Å². The maximum absolute atomic E-state index is 6.20. The van der Waals surface area contributed by atoms with E-state index < -0.39 is 0 Å². The molecule has 6 nitrogen and oxygen atoms in total. The van der Waals surface area contributed by atoms with E-state index in [2.05, 4.69) is 121 Å². The van der Waals surface area contributed by atoms with Gasteiger partial charge >= 0.3 is 0 Å². The van der Waals surface area contributed by atoms with E-state index in [0.717, 1.165) is 108 Å². The first-order valence-corrected chi connectivity index (χ1v) is 25.3. The second-order valence-electron chi connectivity index (χ2n) is 14.7. The molecule has 0 aliphatic carbocycles. The molecule has 2 aliphatic heterocycles. The number of hydrogen-bond donors (Lipinski definition) is 2. The Bertz CT molecular complexity index is 1720. The monoisotopic (exact) mass is 1010 g/mol. The zero-order valence-electron chi connectivity index (χ0n) is 34.3. The van der Waals surface area contributed by atoms with Crippen LogP contribution in [0.2, 0.25) is 0 Å². The van der Waals surface area contributed by atoms with Crippen molar-refractivity contribution < 1.29 is 62.7 Å². The molecule has 0 bridgehead atoms. The maximum atomic E-state index is 6.20. The number of benzene rings is 5. The second kappa shape index (κ2) is 27.6. The standard InChI is InChI=1S/C48H56N2O4S4.2BrH/c1-5-13-45-41(9-1)35-55-29-21-49(22-30-56-36-42-10-2-6-14-46(42)52-26-25-51-45)33-39-17-19-40(20-18-39)34-50-23-31-57-37-43-11-3-7-15-47(43)53-27-28-54-48-16-8-4-12-44(48)38-58-32-24-50;;/h1-20H,21-38H2;2*1H. The van der Waals surface area contributed by atoms with Crippen molar-refractivity contribution in [1.82, 2.24) is 0 Å². The summed E-state index contributed by atoms with van der Waals surface area (Å²) in [4.78, 5) is 3.28. The summed E-state index contributed by atoms with van der Waals surface area (Å²) in [5, 5.41) is 0. The van der Waals surface area contributed by atoms with Crippen molar-refractivity contribution in [3.05, 3.63) is 155 Å². The molecule has 2 heterocycles. The number of hydrogen-bond acceptors (Lipinski definition) is 8. The van der Waals surface area contributed by atoms with Crippen LogP contribution in [0.4, 0.5) is 0 Å². The smallest absolute Gasteiger partial charge is 0.123 e. The SMILES string of the molecule is [Br-].[Br-].c1ccc2c(c1)CSCC[NH+](Cc1ccc(C[NH+]3CCSCc4ccccc4OCCOc4ccccc4CSCC3)cc1)CCSCc1ccccc1OCCO2. The maximum Gasteiger partial charge on any atom is 0.123 e. The number of para-hydroxylation sites is 4. The van der Waals surface area contributed by atoms with Gasteiger partial charge in [0.15, 0.2) is 0 Å². The van der Waals surface area contributed by atoms with Crippen molar-refractivity contribution in [2.45, 2.75) is 36.1 Å². The topological polar surface area (TPSA) is 45.8 Å². The molecular formula is C48H58Br2N2O4S4. The van der Waals surface area contributed by atoms with E-state index in [4.69, 9.17) is 18.9 Å². The van der Waals surface area contributed by atoms with Crippen LogP contribution in [0.1, 0.15) is 33.4 Å². The van der Waals surface area contributed by atoms with Gasteiger partial charge in [-0.05, 0) is 24.3 Å². The molecule has 12 heteroatoms. The van der Waals surface area contributed by atoms with Crippen molar-refractivity contribution in [2.75, 3.05) is 75.6 Å². The van der Waals surface area contributed by atoms with Gasteiger partial charge in [-0.15, -0.1) is 0 Å². The van der Waals surface area contributed by atoms with E-state index >= 15 is 0 Å². The van der Waals surface area contributed by atoms with E-state index in [1.165, 1.54) is 33.4 Å². The van der Waals surface area contributed by atoms with Gasteiger partial charge < -0.3 is 62.7 Å². The summed E-state index contributed by atoms with van der Waals surface area (Å²) in [5.74, 6) is 12.2. The third kappa shape index (κ3) is 16.0. The van der Waals surface area contributed by atoms with Gasteiger partial charge in [-0.3, -0.25) is 0 Å². The number of quaternary nitrogens is 2. The van der Waals surface area contributed by atoms with E-state index in [0.29, 0.717) is 26.4 Å². The summed E-state index contributed by atoms with van der Waals surface area (Å²) in [6.07, 6.45) is 0. The molecule has 0 amide bonds. The second-order valence-corrected chi connectivity index (χ2v) is 19.1. The van der Waals surface area contributed by atoms with Crippen molar-refractivity contribution >= 4 is 47.0 Å². The van der Waals surface area contributed by atoms with Crippen LogP contribution in [0.25, 0.3) is 0 Å². The highest BCUT2D eigenvalue weighted by atomic mass is 79.9. The summed E-state index contributed by atoms with van der Waals surface area (Å²) >= 11 is 8.05. The highest BCUT2D eigenvalue weighted by molar-refractivity contribution is 7.99. The molecule has 0 atom stereocenters. The Morgan fingerprint density at radius 3 is 0.867 bits per heavy atom. The van der Waals surface area contributed by atoms with Gasteiger partial charge in [0.2, 0.25) is 0 Å². The van der Waals surface area contributed by atoms with Crippen molar-refractivity contribution in [3.63, 3.8) is 0 Å². The van der Waals surface area contributed by atoms with Crippen molar-refractivity contribution in [2.24, 2.45) is 0 Å². The molecule has 0 spiro atoms. The molecule has 60 heavy (non-hydrogen) atoms. The van der Waals surface area contributed by atoms with Crippen molar-refractivity contribution in [1.29, 1.82) is 0 Å². The Morgan fingerprint density at radius 1 is 0.350 bits per heavy atom. The molecule has 0 saturated heterocycles. The highest BCUT2D eigenvalue weighted by Crippen LogP contribution is 2.27. The number of halogens is 2. The lowest BCUT2D eigenvalue weighted by atomic mass is 10.1. The Kier molecular flexibility index (Phi) is 22.4. The first kappa shape index (κ1) is 48.6. The van der Waals surface area contributed by atoms with Gasteiger partial charge in [-0.25, -0.2) is 0 Å². The first-order chi connectivity index (χ1) is 28.8. The fraction of sp³-hybridized carbons (Fsp3) is 0.375. The molecule has 0 saturated carbocycles. The summed E-state index contributed by atoms with van der Waals surface area (Å²) in [7, 11) is 0. The normalized spacial score (nSPS) is 16.9. The molecule has 5 aromatic rings. The lowest BCUT2D eigenvalue weighted by Crippen LogP contribution is -3.11. The minimum Gasteiger partial charge on any atom is -1.00 e. The van der Waals surface area contributed by atoms with Crippen LogP contribution in [-0.4, -0.2) is 75.6 Å². The summed E-state index contributed by atoms with van der Waals surface area (Å²) in [6.45, 7) is 8.77. The number of ether oxygens (including phenoxy) is 4. The summed E-state index contributed by atoms with van der Waals surface area (Å²) in [5.41, 5.74) is 7.87.